The third-order valence-corrected chi connectivity index (χ3v) is 6.09. The van der Waals surface area contributed by atoms with Crippen molar-refractivity contribution in [1.29, 1.82) is 0 Å². The van der Waals surface area contributed by atoms with E-state index < -0.39 is 0 Å². The first kappa shape index (κ1) is 22.2. The molecule has 1 aliphatic rings. The Kier molecular flexibility index (Phi) is 7.63. The maximum Gasteiger partial charge on any atom is 0.232 e. The Bertz CT molecular complexity index is 1020. The lowest BCUT2D eigenvalue weighted by atomic mass is 10.1. The van der Waals surface area contributed by atoms with Gasteiger partial charge in [-0.1, -0.05) is 48.2 Å². The van der Waals surface area contributed by atoms with Gasteiger partial charge in [0.1, 0.15) is 5.75 Å². The minimum atomic E-state index is -0.0413. The molecular weight excluding hydrogens is 426 g/mol. The van der Waals surface area contributed by atoms with E-state index in [1.54, 1.807) is 7.11 Å². The second kappa shape index (κ2) is 11.0. The molecule has 168 valence electrons. The van der Waals surface area contributed by atoms with Crippen LogP contribution >= 0.6 is 11.8 Å². The van der Waals surface area contributed by atoms with Gasteiger partial charge in [-0.2, -0.15) is 0 Å². The van der Waals surface area contributed by atoms with Crippen LogP contribution in [0.2, 0.25) is 0 Å². The summed E-state index contributed by atoms with van der Waals surface area (Å²) in [7, 11) is 1.65. The number of benzene rings is 2. The molecule has 1 aromatic heterocycles. The van der Waals surface area contributed by atoms with Crippen molar-refractivity contribution in [1.82, 2.24) is 20.1 Å². The number of carbonyl (C=O) groups excluding carboxylic acids is 1. The van der Waals surface area contributed by atoms with Crippen LogP contribution in [0.25, 0.3) is 5.69 Å². The van der Waals surface area contributed by atoms with Crippen LogP contribution in [-0.4, -0.2) is 66.4 Å². The molecule has 0 aliphatic carbocycles. The number of carbonyl (C=O) groups is 1. The van der Waals surface area contributed by atoms with Crippen molar-refractivity contribution >= 4 is 23.6 Å². The molecule has 2 aromatic carbocycles. The third kappa shape index (κ3) is 5.41. The van der Waals surface area contributed by atoms with Gasteiger partial charge in [0.25, 0.3) is 0 Å². The molecule has 8 nitrogen and oxygen atoms in total. The molecule has 0 atom stereocenters. The molecule has 9 heteroatoms. The van der Waals surface area contributed by atoms with E-state index in [2.05, 4.69) is 20.4 Å². The summed E-state index contributed by atoms with van der Waals surface area (Å²) in [6.07, 6.45) is 0.710. The second-order valence-corrected chi connectivity index (χ2v) is 8.20. The maximum atomic E-state index is 12.5. The number of hydrogen-bond acceptors (Lipinski definition) is 7. The van der Waals surface area contributed by atoms with Crippen LogP contribution < -0.4 is 15.0 Å². The molecule has 1 aliphatic heterocycles. The maximum absolute atomic E-state index is 12.5. The zero-order valence-corrected chi connectivity index (χ0v) is 18.9. The first-order chi connectivity index (χ1) is 15.8. The molecule has 32 heavy (non-hydrogen) atoms. The normalized spacial score (nSPS) is 13.7. The number of rotatable bonds is 9. The van der Waals surface area contributed by atoms with Gasteiger partial charge in [-0.25, -0.2) is 0 Å². The second-order valence-electron chi connectivity index (χ2n) is 7.25. The molecule has 0 saturated carbocycles. The number of aromatic nitrogens is 3. The van der Waals surface area contributed by atoms with Gasteiger partial charge in [0.2, 0.25) is 11.9 Å². The highest BCUT2D eigenvalue weighted by molar-refractivity contribution is 7.99. The molecule has 0 unspecified atom stereocenters. The number of para-hydroxylation sites is 2. The number of methoxy groups -OCH3 is 1. The summed E-state index contributed by atoms with van der Waals surface area (Å²) in [6, 6.07) is 17.8. The Labute approximate surface area is 191 Å². The number of hydrogen-bond donors (Lipinski definition) is 1. The van der Waals surface area contributed by atoms with Crippen LogP contribution in [0.3, 0.4) is 0 Å². The van der Waals surface area contributed by atoms with Gasteiger partial charge in [0.05, 0.1) is 31.8 Å². The van der Waals surface area contributed by atoms with E-state index in [0.717, 1.165) is 36.0 Å². The highest BCUT2D eigenvalue weighted by atomic mass is 32.2. The predicted molar refractivity (Wildman–Crippen MR) is 125 cm³/mol. The van der Waals surface area contributed by atoms with Gasteiger partial charge < -0.3 is 19.7 Å². The van der Waals surface area contributed by atoms with Crippen LogP contribution in [-0.2, 0) is 16.0 Å². The van der Waals surface area contributed by atoms with E-state index in [1.165, 1.54) is 11.8 Å². The van der Waals surface area contributed by atoms with Crippen LogP contribution in [0.15, 0.2) is 59.8 Å². The average Bonchev–Trinajstić information content (AvgIpc) is 3.28. The van der Waals surface area contributed by atoms with Crippen molar-refractivity contribution < 1.29 is 14.3 Å². The van der Waals surface area contributed by atoms with E-state index in [1.807, 2.05) is 59.2 Å². The lowest BCUT2D eigenvalue weighted by molar-refractivity contribution is -0.118. The van der Waals surface area contributed by atoms with E-state index in [4.69, 9.17) is 9.47 Å². The monoisotopic (exact) mass is 453 g/mol. The Hall–Kier alpha value is -3.04. The smallest absolute Gasteiger partial charge is 0.232 e. The predicted octanol–water partition coefficient (Wildman–Crippen LogP) is 2.56. The topological polar surface area (TPSA) is 81.5 Å². The fraction of sp³-hybridized carbons (Fsp3) is 0.348. The van der Waals surface area contributed by atoms with Gasteiger partial charge in [-0.05, 0) is 30.2 Å². The highest BCUT2D eigenvalue weighted by Crippen LogP contribution is 2.27. The van der Waals surface area contributed by atoms with Crippen molar-refractivity contribution in [2.75, 3.05) is 50.6 Å². The molecule has 0 bridgehead atoms. The minimum absolute atomic E-state index is 0.0413. The Morgan fingerprint density at radius 2 is 1.84 bits per heavy atom. The molecule has 1 N–H and O–H groups in total. The lowest BCUT2D eigenvalue weighted by Gasteiger charge is -2.27. The molecule has 1 fully saturated rings. The van der Waals surface area contributed by atoms with Gasteiger partial charge in [0, 0.05) is 19.6 Å². The van der Waals surface area contributed by atoms with E-state index >= 15 is 0 Å². The van der Waals surface area contributed by atoms with Crippen molar-refractivity contribution in [3.63, 3.8) is 0 Å². The van der Waals surface area contributed by atoms with Crippen LogP contribution in [0.5, 0.6) is 5.75 Å². The molecule has 0 spiro atoms. The largest absolute Gasteiger partial charge is 0.496 e. The van der Waals surface area contributed by atoms with E-state index in [0.29, 0.717) is 31.3 Å². The van der Waals surface area contributed by atoms with Crippen LogP contribution in [0.4, 0.5) is 5.95 Å². The minimum Gasteiger partial charge on any atom is -0.496 e. The standard InChI is InChI=1S/C23H27N5O3S/c1-30-20-10-6-5-7-18(20)11-12-24-21(29)17-32-23-26-25-22(27-13-15-31-16-14-27)28(23)19-8-3-2-4-9-19/h2-10H,11-17H2,1H3,(H,24,29). The summed E-state index contributed by atoms with van der Waals surface area (Å²) < 4.78 is 12.9. The quantitative estimate of drug-likeness (QED) is 0.499. The molecule has 1 saturated heterocycles. The number of amides is 1. The Balaban J connectivity index is 1.39. The van der Waals surface area contributed by atoms with Crippen molar-refractivity contribution in [3.8, 4) is 11.4 Å². The van der Waals surface area contributed by atoms with Crippen LogP contribution in [0, 0.1) is 0 Å². The summed E-state index contributed by atoms with van der Waals surface area (Å²) in [5.41, 5.74) is 2.04. The first-order valence-corrected chi connectivity index (χ1v) is 11.6. The van der Waals surface area contributed by atoms with E-state index in [9.17, 15) is 4.79 Å². The Morgan fingerprint density at radius 1 is 1.09 bits per heavy atom. The van der Waals surface area contributed by atoms with Gasteiger partial charge in [-0.15, -0.1) is 10.2 Å². The molecule has 4 rings (SSSR count). The summed E-state index contributed by atoms with van der Waals surface area (Å²) in [5, 5.41) is 12.5. The fourth-order valence-corrected chi connectivity index (χ4v) is 4.33. The number of nitrogens with one attached hydrogen (secondary N) is 1. The first-order valence-electron chi connectivity index (χ1n) is 10.6. The SMILES string of the molecule is COc1ccccc1CCNC(=O)CSc1nnc(N2CCOCC2)n1-c1ccccc1. The number of nitrogens with zero attached hydrogens (tertiary/aromatic N) is 4. The number of ether oxygens (including phenoxy) is 2. The number of morpholine rings is 1. The summed E-state index contributed by atoms with van der Waals surface area (Å²) in [6.45, 7) is 3.40. The van der Waals surface area contributed by atoms with Gasteiger partial charge in [0.15, 0.2) is 5.16 Å². The lowest BCUT2D eigenvalue weighted by Crippen LogP contribution is -2.37. The molecule has 3 aromatic rings. The van der Waals surface area contributed by atoms with Crippen LogP contribution in [0.1, 0.15) is 5.56 Å². The zero-order chi connectivity index (χ0) is 22.2. The van der Waals surface area contributed by atoms with Crippen molar-refractivity contribution in [2.45, 2.75) is 11.6 Å². The zero-order valence-electron chi connectivity index (χ0n) is 18.1. The number of thioether (sulfide) groups is 1. The van der Waals surface area contributed by atoms with E-state index in [-0.39, 0.29) is 11.7 Å². The summed E-state index contributed by atoms with van der Waals surface area (Å²) in [4.78, 5) is 14.6. The van der Waals surface area contributed by atoms with Gasteiger partial charge in [-0.3, -0.25) is 9.36 Å². The highest BCUT2D eigenvalue weighted by Gasteiger charge is 2.22. The van der Waals surface area contributed by atoms with Crippen molar-refractivity contribution in [3.05, 3.63) is 60.2 Å². The fourth-order valence-electron chi connectivity index (χ4n) is 3.55. The average molecular weight is 454 g/mol. The third-order valence-electron chi connectivity index (χ3n) is 5.17. The van der Waals surface area contributed by atoms with Crippen molar-refractivity contribution in [2.24, 2.45) is 0 Å². The Morgan fingerprint density at radius 3 is 2.62 bits per heavy atom. The van der Waals surface area contributed by atoms with Gasteiger partial charge >= 0.3 is 0 Å². The molecule has 2 heterocycles. The molecule has 0 radical (unpaired) electrons. The number of anilines is 1. The molecule has 1 amide bonds. The summed E-state index contributed by atoms with van der Waals surface area (Å²) >= 11 is 1.38. The summed E-state index contributed by atoms with van der Waals surface area (Å²) in [5.74, 6) is 1.83. The molecular formula is C23H27N5O3S.